The minimum absolute atomic E-state index is 0.0653. The molecular formula is C14H19N3O2S. The van der Waals surface area contributed by atoms with Crippen molar-refractivity contribution < 1.29 is 9.84 Å². The normalized spacial score (nSPS) is 14.4. The third-order valence-electron chi connectivity index (χ3n) is 3.53. The van der Waals surface area contributed by atoms with Crippen LogP contribution in [0, 0.1) is 0 Å². The Morgan fingerprint density at radius 1 is 1.25 bits per heavy atom. The lowest BCUT2D eigenvalue weighted by molar-refractivity contribution is 0.0992. The number of fused-ring (bicyclic) bond motifs is 3. The molecule has 3 rings (SSSR count). The van der Waals surface area contributed by atoms with Crippen LogP contribution in [0.4, 0.5) is 5.82 Å². The van der Waals surface area contributed by atoms with Crippen LogP contribution < -0.4 is 5.32 Å². The Balaban J connectivity index is 1.78. The van der Waals surface area contributed by atoms with Crippen molar-refractivity contribution in [3.63, 3.8) is 0 Å². The van der Waals surface area contributed by atoms with Gasteiger partial charge in [0.2, 0.25) is 0 Å². The number of nitrogens with one attached hydrogen (secondary N) is 1. The summed E-state index contributed by atoms with van der Waals surface area (Å²) in [4.78, 5) is 11.4. The van der Waals surface area contributed by atoms with Crippen LogP contribution in [0.5, 0.6) is 0 Å². The number of hydrogen-bond donors (Lipinski definition) is 2. The van der Waals surface area contributed by atoms with E-state index in [0.717, 1.165) is 17.1 Å². The zero-order valence-electron chi connectivity index (χ0n) is 11.4. The molecule has 2 N–H and O–H groups in total. The largest absolute Gasteiger partial charge is 0.394 e. The number of thiophene rings is 1. The molecule has 2 heterocycles. The number of aryl methyl sites for hydroxylation is 2. The first kappa shape index (κ1) is 13.7. The maximum atomic E-state index is 8.66. The van der Waals surface area contributed by atoms with Crippen molar-refractivity contribution in [1.82, 2.24) is 9.97 Å². The standard InChI is InChI=1S/C14H19N3O2S/c18-6-8-19-7-5-15-13-12-10-3-1-2-4-11(10)20-14(12)17-9-16-13/h9,18H,1-8H2,(H,15,16,17). The highest BCUT2D eigenvalue weighted by Gasteiger charge is 2.19. The highest BCUT2D eigenvalue weighted by atomic mass is 32.1. The molecule has 0 fully saturated rings. The van der Waals surface area contributed by atoms with E-state index in [-0.39, 0.29) is 6.61 Å². The molecule has 0 amide bonds. The van der Waals surface area contributed by atoms with Crippen LogP contribution in [-0.2, 0) is 17.6 Å². The van der Waals surface area contributed by atoms with E-state index in [2.05, 4.69) is 15.3 Å². The van der Waals surface area contributed by atoms with Crippen LogP contribution in [0.25, 0.3) is 10.2 Å². The number of nitrogens with zero attached hydrogens (tertiary/aromatic N) is 2. The molecular weight excluding hydrogens is 274 g/mol. The number of aromatic nitrogens is 2. The monoisotopic (exact) mass is 293 g/mol. The van der Waals surface area contributed by atoms with E-state index in [1.165, 1.54) is 35.1 Å². The molecule has 0 atom stereocenters. The summed E-state index contributed by atoms with van der Waals surface area (Å²) in [7, 11) is 0. The first-order chi connectivity index (χ1) is 9.90. The van der Waals surface area contributed by atoms with Gasteiger partial charge in [-0.25, -0.2) is 9.97 Å². The van der Waals surface area contributed by atoms with Crippen LogP contribution in [-0.4, -0.2) is 41.4 Å². The molecule has 0 spiro atoms. The van der Waals surface area contributed by atoms with Crippen molar-refractivity contribution in [2.75, 3.05) is 31.7 Å². The van der Waals surface area contributed by atoms with Crippen LogP contribution in [0.3, 0.4) is 0 Å². The molecule has 2 aromatic rings. The lowest BCUT2D eigenvalue weighted by Gasteiger charge is -2.12. The summed E-state index contributed by atoms with van der Waals surface area (Å²) in [6.45, 7) is 1.71. The number of anilines is 1. The van der Waals surface area contributed by atoms with E-state index >= 15 is 0 Å². The predicted molar refractivity (Wildman–Crippen MR) is 80.5 cm³/mol. The average molecular weight is 293 g/mol. The molecule has 5 nitrogen and oxygen atoms in total. The summed E-state index contributed by atoms with van der Waals surface area (Å²) in [5, 5.41) is 13.2. The topological polar surface area (TPSA) is 67.3 Å². The predicted octanol–water partition coefficient (Wildman–Crippen LogP) is 1.99. The van der Waals surface area contributed by atoms with E-state index in [9.17, 15) is 0 Å². The van der Waals surface area contributed by atoms with Crippen molar-refractivity contribution in [3.05, 3.63) is 16.8 Å². The molecule has 20 heavy (non-hydrogen) atoms. The van der Waals surface area contributed by atoms with E-state index in [1.807, 2.05) is 0 Å². The first-order valence-electron chi connectivity index (χ1n) is 7.08. The van der Waals surface area contributed by atoms with Crippen LogP contribution in [0.1, 0.15) is 23.3 Å². The molecule has 6 heteroatoms. The van der Waals surface area contributed by atoms with Gasteiger partial charge in [-0.3, -0.25) is 0 Å². The van der Waals surface area contributed by atoms with Gasteiger partial charge in [-0.1, -0.05) is 0 Å². The van der Waals surface area contributed by atoms with Crippen molar-refractivity contribution in [1.29, 1.82) is 0 Å². The Hall–Kier alpha value is -1.24. The fraction of sp³-hybridized carbons (Fsp3) is 0.571. The molecule has 1 aliphatic carbocycles. The fourth-order valence-electron chi connectivity index (χ4n) is 2.63. The maximum absolute atomic E-state index is 8.66. The Labute approximate surface area is 122 Å². The van der Waals surface area contributed by atoms with Gasteiger partial charge in [0.25, 0.3) is 0 Å². The van der Waals surface area contributed by atoms with Gasteiger partial charge in [0.15, 0.2) is 0 Å². The molecule has 0 saturated carbocycles. The first-order valence-corrected chi connectivity index (χ1v) is 7.89. The van der Waals surface area contributed by atoms with Gasteiger partial charge in [-0.2, -0.15) is 0 Å². The van der Waals surface area contributed by atoms with E-state index < -0.39 is 0 Å². The third kappa shape index (κ3) is 2.77. The molecule has 2 aromatic heterocycles. The summed E-state index contributed by atoms with van der Waals surface area (Å²) in [5.41, 5.74) is 1.44. The number of aliphatic hydroxyl groups is 1. The minimum Gasteiger partial charge on any atom is -0.394 e. The van der Waals surface area contributed by atoms with Crippen LogP contribution in [0.2, 0.25) is 0 Å². The summed E-state index contributed by atoms with van der Waals surface area (Å²) < 4.78 is 5.26. The summed E-state index contributed by atoms with van der Waals surface area (Å²) in [5.74, 6) is 0.919. The zero-order chi connectivity index (χ0) is 13.8. The number of rotatable bonds is 6. The van der Waals surface area contributed by atoms with Crippen molar-refractivity contribution in [2.45, 2.75) is 25.7 Å². The molecule has 0 bridgehead atoms. The van der Waals surface area contributed by atoms with Gasteiger partial charge >= 0.3 is 0 Å². The van der Waals surface area contributed by atoms with Gasteiger partial charge in [0, 0.05) is 11.4 Å². The van der Waals surface area contributed by atoms with Gasteiger partial charge in [0.05, 0.1) is 25.2 Å². The second-order valence-electron chi connectivity index (χ2n) is 4.88. The van der Waals surface area contributed by atoms with E-state index in [0.29, 0.717) is 19.8 Å². The minimum atomic E-state index is 0.0653. The summed E-state index contributed by atoms with van der Waals surface area (Å²) in [6.07, 6.45) is 6.48. The SMILES string of the molecule is OCCOCCNc1ncnc2sc3c(c12)CCCC3. The Morgan fingerprint density at radius 3 is 3.05 bits per heavy atom. The van der Waals surface area contributed by atoms with Crippen molar-refractivity contribution >= 4 is 27.4 Å². The van der Waals surface area contributed by atoms with Gasteiger partial charge < -0.3 is 15.2 Å². The molecule has 1 aliphatic rings. The van der Waals surface area contributed by atoms with E-state index in [4.69, 9.17) is 9.84 Å². The smallest absolute Gasteiger partial charge is 0.138 e. The van der Waals surface area contributed by atoms with Crippen LogP contribution in [0.15, 0.2) is 6.33 Å². The second kappa shape index (κ2) is 6.47. The molecule has 0 aliphatic heterocycles. The summed E-state index contributed by atoms with van der Waals surface area (Å²) in [6, 6.07) is 0. The highest BCUT2D eigenvalue weighted by Crippen LogP contribution is 2.37. The third-order valence-corrected chi connectivity index (χ3v) is 4.73. The quantitative estimate of drug-likeness (QED) is 0.797. The van der Waals surface area contributed by atoms with Crippen molar-refractivity contribution in [2.24, 2.45) is 0 Å². The number of aliphatic hydroxyl groups excluding tert-OH is 1. The van der Waals surface area contributed by atoms with Gasteiger partial charge in [-0.05, 0) is 31.2 Å². The van der Waals surface area contributed by atoms with E-state index in [1.54, 1.807) is 17.7 Å². The number of hydrogen-bond acceptors (Lipinski definition) is 6. The highest BCUT2D eigenvalue weighted by molar-refractivity contribution is 7.19. The van der Waals surface area contributed by atoms with Gasteiger partial charge in [-0.15, -0.1) is 11.3 Å². The lowest BCUT2D eigenvalue weighted by atomic mass is 9.97. The Bertz CT molecular complexity index is 585. The zero-order valence-corrected chi connectivity index (χ0v) is 12.2. The molecule has 0 saturated heterocycles. The molecule has 108 valence electrons. The second-order valence-corrected chi connectivity index (χ2v) is 5.96. The fourth-order valence-corrected chi connectivity index (χ4v) is 3.86. The average Bonchev–Trinajstić information content (AvgIpc) is 2.86. The van der Waals surface area contributed by atoms with Gasteiger partial charge in [0.1, 0.15) is 17.0 Å². The number of ether oxygens (including phenoxy) is 1. The maximum Gasteiger partial charge on any atom is 0.138 e. The lowest BCUT2D eigenvalue weighted by Crippen LogP contribution is -2.12. The Morgan fingerprint density at radius 2 is 2.15 bits per heavy atom. The van der Waals surface area contributed by atoms with Crippen molar-refractivity contribution in [3.8, 4) is 0 Å². The summed E-state index contributed by atoms with van der Waals surface area (Å²) >= 11 is 1.81. The molecule has 0 radical (unpaired) electrons. The Kier molecular flexibility index (Phi) is 4.44. The molecule has 0 unspecified atom stereocenters. The molecule has 0 aromatic carbocycles. The van der Waals surface area contributed by atoms with Crippen LogP contribution >= 0.6 is 11.3 Å².